The van der Waals surface area contributed by atoms with Crippen molar-refractivity contribution in [1.82, 2.24) is 0 Å². The van der Waals surface area contributed by atoms with E-state index in [1.807, 2.05) is 54.6 Å². The Hall–Kier alpha value is -2.49. The maximum absolute atomic E-state index is 12.2. The third kappa shape index (κ3) is 3.65. The minimum absolute atomic E-state index is 0.112. The van der Waals surface area contributed by atoms with E-state index < -0.39 is 0 Å². The van der Waals surface area contributed by atoms with E-state index in [0.29, 0.717) is 13.2 Å². The molecule has 1 aliphatic rings. The Morgan fingerprint density at radius 1 is 1.04 bits per heavy atom. The first-order valence-electron chi connectivity index (χ1n) is 7.76. The molecule has 0 radical (unpaired) electrons. The molecule has 4 nitrogen and oxygen atoms in total. The average Bonchev–Trinajstić information content (AvgIpc) is 2.61. The van der Waals surface area contributed by atoms with Crippen molar-refractivity contribution in [2.75, 3.05) is 20.3 Å². The van der Waals surface area contributed by atoms with Gasteiger partial charge in [-0.1, -0.05) is 30.3 Å². The van der Waals surface area contributed by atoms with Gasteiger partial charge in [0.05, 0.1) is 26.2 Å². The Kier molecular flexibility index (Phi) is 4.81. The summed E-state index contributed by atoms with van der Waals surface area (Å²) in [6, 6.07) is 17.2. The minimum Gasteiger partial charge on any atom is -0.497 e. The molecule has 23 heavy (non-hydrogen) atoms. The van der Waals surface area contributed by atoms with Gasteiger partial charge in [-0.05, 0) is 36.2 Å². The Morgan fingerprint density at radius 2 is 1.74 bits per heavy atom. The zero-order chi connectivity index (χ0) is 16.1. The SMILES string of the molecule is COc1ccc(OC[C@@H]2CCOC(=O)[C@H]2c2ccccc2)cc1. The summed E-state index contributed by atoms with van der Waals surface area (Å²) in [5.41, 5.74) is 0.987. The van der Waals surface area contributed by atoms with Crippen LogP contribution in [0.5, 0.6) is 11.5 Å². The summed E-state index contributed by atoms with van der Waals surface area (Å²) in [5, 5.41) is 0. The van der Waals surface area contributed by atoms with E-state index in [2.05, 4.69) is 0 Å². The molecular formula is C19H20O4. The van der Waals surface area contributed by atoms with E-state index in [4.69, 9.17) is 14.2 Å². The molecule has 1 saturated heterocycles. The molecule has 4 heteroatoms. The zero-order valence-corrected chi connectivity index (χ0v) is 13.1. The van der Waals surface area contributed by atoms with Crippen LogP contribution < -0.4 is 9.47 Å². The molecule has 3 rings (SSSR count). The predicted octanol–water partition coefficient (Wildman–Crippen LogP) is 3.42. The maximum Gasteiger partial charge on any atom is 0.313 e. The fraction of sp³-hybridized carbons (Fsp3) is 0.316. The van der Waals surface area contributed by atoms with Gasteiger partial charge in [-0.15, -0.1) is 0 Å². The third-order valence-electron chi connectivity index (χ3n) is 4.14. The lowest BCUT2D eigenvalue weighted by Crippen LogP contribution is -2.34. The molecule has 1 aliphatic heterocycles. The Morgan fingerprint density at radius 3 is 2.43 bits per heavy atom. The van der Waals surface area contributed by atoms with Crippen molar-refractivity contribution >= 4 is 5.97 Å². The van der Waals surface area contributed by atoms with E-state index in [1.54, 1.807) is 7.11 Å². The first-order chi connectivity index (χ1) is 11.3. The molecule has 0 amide bonds. The molecule has 0 N–H and O–H groups in total. The molecule has 0 bridgehead atoms. The largest absolute Gasteiger partial charge is 0.497 e. The third-order valence-corrected chi connectivity index (χ3v) is 4.14. The van der Waals surface area contributed by atoms with Crippen LogP contribution in [0.1, 0.15) is 17.9 Å². The van der Waals surface area contributed by atoms with Gasteiger partial charge in [0.1, 0.15) is 11.5 Å². The second-order valence-electron chi connectivity index (χ2n) is 5.59. The van der Waals surface area contributed by atoms with Crippen LogP contribution in [-0.4, -0.2) is 26.3 Å². The lowest BCUT2D eigenvalue weighted by molar-refractivity contribution is -0.152. The summed E-state index contributed by atoms with van der Waals surface area (Å²) in [6.45, 7) is 0.944. The highest BCUT2D eigenvalue weighted by molar-refractivity contribution is 5.79. The van der Waals surface area contributed by atoms with Crippen molar-refractivity contribution in [3.05, 3.63) is 60.2 Å². The molecule has 1 heterocycles. The van der Waals surface area contributed by atoms with E-state index in [9.17, 15) is 4.79 Å². The van der Waals surface area contributed by atoms with Gasteiger partial charge in [-0.2, -0.15) is 0 Å². The van der Waals surface area contributed by atoms with Crippen LogP contribution in [0.2, 0.25) is 0 Å². The van der Waals surface area contributed by atoms with E-state index in [-0.39, 0.29) is 17.8 Å². The molecule has 0 aromatic heterocycles. The van der Waals surface area contributed by atoms with Crippen molar-refractivity contribution in [3.63, 3.8) is 0 Å². The monoisotopic (exact) mass is 312 g/mol. The van der Waals surface area contributed by atoms with Crippen molar-refractivity contribution in [2.24, 2.45) is 5.92 Å². The van der Waals surface area contributed by atoms with Gasteiger partial charge < -0.3 is 14.2 Å². The second-order valence-corrected chi connectivity index (χ2v) is 5.59. The van der Waals surface area contributed by atoms with Crippen molar-refractivity contribution in [1.29, 1.82) is 0 Å². The van der Waals surface area contributed by atoms with Gasteiger partial charge in [-0.3, -0.25) is 4.79 Å². The van der Waals surface area contributed by atoms with Crippen LogP contribution in [0.3, 0.4) is 0 Å². The van der Waals surface area contributed by atoms with Crippen molar-refractivity contribution in [2.45, 2.75) is 12.3 Å². The van der Waals surface area contributed by atoms with Gasteiger partial charge in [0.2, 0.25) is 0 Å². The number of ether oxygens (including phenoxy) is 3. The van der Waals surface area contributed by atoms with Crippen LogP contribution in [0.25, 0.3) is 0 Å². The highest BCUT2D eigenvalue weighted by Crippen LogP contribution is 2.33. The van der Waals surface area contributed by atoms with Gasteiger partial charge in [0, 0.05) is 5.92 Å². The topological polar surface area (TPSA) is 44.8 Å². The smallest absolute Gasteiger partial charge is 0.313 e. The normalized spacial score (nSPS) is 20.7. The highest BCUT2D eigenvalue weighted by Gasteiger charge is 2.35. The molecule has 0 unspecified atom stereocenters. The predicted molar refractivity (Wildman–Crippen MR) is 86.7 cm³/mol. The number of hydrogen-bond acceptors (Lipinski definition) is 4. The van der Waals surface area contributed by atoms with Gasteiger partial charge in [-0.25, -0.2) is 0 Å². The quantitative estimate of drug-likeness (QED) is 0.794. The fourth-order valence-corrected chi connectivity index (χ4v) is 2.88. The van der Waals surface area contributed by atoms with Crippen LogP contribution in [-0.2, 0) is 9.53 Å². The van der Waals surface area contributed by atoms with Crippen LogP contribution in [0.15, 0.2) is 54.6 Å². The fourth-order valence-electron chi connectivity index (χ4n) is 2.88. The number of hydrogen-bond donors (Lipinski definition) is 0. The first-order valence-corrected chi connectivity index (χ1v) is 7.76. The molecule has 2 aromatic rings. The summed E-state index contributed by atoms with van der Waals surface area (Å²) in [4.78, 5) is 12.2. The van der Waals surface area contributed by atoms with Gasteiger partial charge >= 0.3 is 5.97 Å². The summed E-state index contributed by atoms with van der Waals surface area (Å²) >= 11 is 0. The van der Waals surface area contributed by atoms with E-state index >= 15 is 0 Å². The summed E-state index contributed by atoms with van der Waals surface area (Å²) < 4.78 is 16.3. The molecule has 2 aromatic carbocycles. The van der Waals surface area contributed by atoms with Gasteiger partial charge in [0.25, 0.3) is 0 Å². The maximum atomic E-state index is 12.2. The summed E-state index contributed by atoms with van der Waals surface area (Å²) in [6.07, 6.45) is 0.807. The van der Waals surface area contributed by atoms with Crippen LogP contribution >= 0.6 is 0 Å². The standard InChI is InChI=1S/C19H20O4/c1-21-16-7-9-17(10-8-16)23-13-15-11-12-22-19(20)18(15)14-5-3-2-4-6-14/h2-10,15,18H,11-13H2,1H3/t15-,18-/m0/s1. The Balaban J connectivity index is 1.70. The molecule has 1 fully saturated rings. The minimum atomic E-state index is -0.261. The number of benzene rings is 2. The molecular weight excluding hydrogens is 292 g/mol. The second kappa shape index (κ2) is 7.18. The molecule has 2 atom stereocenters. The number of carbonyl (C=O) groups excluding carboxylic acids is 1. The molecule has 0 saturated carbocycles. The van der Waals surface area contributed by atoms with Crippen molar-refractivity contribution < 1.29 is 19.0 Å². The van der Waals surface area contributed by atoms with Crippen LogP contribution in [0.4, 0.5) is 0 Å². The number of methoxy groups -OCH3 is 1. The highest BCUT2D eigenvalue weighted by atomic mass is 16.5. The molecule has 0 aliphatic carbocycles. The number of carbonyl (C=O) groups is 1. The molecule has 0 spiro atoms. The number of cyclic esters (lactones) is 1. The Bertz CT molecular complexity index is 636. The average molecular weight is 312 g/mol. The van der Waals surface area contributed by atoms with Gasteiger partial charge in [0.15, 0.2) is 0 Å². The van der Waals surface area contributed by atoms with E-state index in [1.165, 1.54) is 0 Å². The zero-order valence-electron chi connectivity index (χ0n) is 13.1. The number of esters is 1. The van der Waals surface area contributed by atoms with Crippen LogP contribution in [0, 0.1) is 5.92 Å². The van der Waals surface area contributed by atoms with Crippen molar-refractivity contribution in [3.8, 4) is 11.5 Å². The Labute approximate surface area is 136 Å². The lowest BCUT2D eigenvalue weighted by Gasteiger charge is -2.30. The summed E-state index contributed by atoms with van der Waals surface area (Å²) in [7, 11) is 1.63. The first kappa shape index (κ1) is 15.4. The lowest BCUT2D eigenvalue weighted by atomic mass is 9.83. The summed E-state index contributed by atoms with van der Waals surface area (Å²) in [5.74, 6) is 1.26. The number of rotatable bonds is 5. The molecule has 120 valence electrons. The van der Waals surface area contributed by atoms with E-state index in [0.717, 1.165) is 23.5 Å².